The van der Waals surface area contributed by atoms with E-state index in [1.165, 1.54) is 4.31 Å². The van der Waals surface area contributed by atoms with Crippen molar-refractivity contribution in [2.75, 3.05) is 13.1 Å². The zero-order valence-electron chi connectivity index (χ0n) is 14.8. The Kier molecular flexibility index (Phi) is 4.84. The van der Waals surface area contributed by atoms with Gasteiger partial charge in [-0.05, 0) is 35.6 Å². The van der Waals surface area contributed by atoms with Crippen molar-refractivity contribution in [3.05, 3.63) is 54.2 Å². The molecule has 1 fully saturated rings. The summed E-state index contributed by atoms with van der Waals surface area (Å²) >= 11 is 0. The third kappa shape index (κ3) is 4.02. The topological polar surface area (TPSA) is 59.5 Å². The van der Waals surface area contributed by atoms with Crippen LogP contribution in [0, 0.1) is 0 Å². The van der Waals surface area contributed by atoms with Gasteiger partial charge in [0.15, 0.2) is 0 Å². The first-order valence-electron chi connectivity index (χ1n) is 8.45. The lowest BCUT2D eigenvalue weighted by Gasteiger charge is -2.20. The van der Waals surface area contributed by atoms with E-state index < -0.39 is 10.0 Å². The van der Waals surface area contributed by atoms with Gasteiger partial charge in [-0.3, -0.25) is 0 Å². The Balaban J connectivity index is 1.71. The highest BCUT2D eigenvalue weighted by Crippen LogP contribution is 2.27. The molecular formula is C19H24N2O3S. The normalized spacial score (nSPS) is 19.1. The second kappa shape index (κ2) is 6.77. The zero-order chi connectivity index (χ0) is 18.1. The van der Waals surface area contributed by atoms with Crippen LogP contribution in [0.4, 0.5) is 0 Å². The summed E-state index contributed by atoms with van der Waals surface area (Å²) in [5.41, 5.74) is 1.11. The maximum Gasteiger partial charge on any atom is 0.243 e. The molecule has 1 aromatic heterocycles. The van der Waals surface area contributed by atoms with Gasteiger partial charge in [-0.2, -0.15) is 4.31 Å². The average molecular weight is 360 g/mol. The Morgan fingerprint density at radius 2 is 1.84 bits per heavy atom. The summed E-state index contributed by atoms with van der Waals surface area (Å²) in [6.07, 6.45) is 2.16. The van der Waals surface area contributed by atoms with Gasteiger partial charge in [0.1, 0.15) is 6.10 Å². The highest BCUT2D eigenvalue weighted by molar-refractivity contribution is 7.89. The van der Waals surface area contributed by atoms with Crippen LogP contribution < -0.4 is 4.74 Å². The van der Waals surface area contributed by atoms with Crippen LogP contribution in [0.5, 0.6) is 5.88 Å². The molecule has 1 unspecified atom stereocenters. The predicted molar refractivity (Wildman–Crippen MR) is 97.2 cm³/mol. The van der Waals surface area contributed by atoms with Crippen LogP contribution in [-0.4, -0.2) is 36.9 Å². The van der Waals surface area contributed by atoms with Crippen LogP contribution in [0.25, 0.3) is 0 Å². The van der Waals surface area contributed by atoms with Crippen molar-refractivity contribution in [1.29, 1.82) is 0 Å². The number of nitrogens with zero attached hydrogens (tertiary/aromatic N) is 2. The van der Waals surface area contributed by atoms with Gasteiger partial charge in [-0.15, -0.1) is 0 Å². The first-order chi connectivity index (χ1) is 11.8. The number of hydrogen-bond acceptors (Lipinski definition) is 4. The van der Waals surface area contributed by atoms with Crippen molar-refractivity contribution >= 4 is 10.0 Å². The molecule has 0 amide bonds. The van der Waals surface area contributed by atoms with E-state index in [9.17, 15) is 8.42 Å². The van der Waals surface area contributed by atoms with Crippen LogP contribution in [0.1, 0.15) is 32.8 Å². The van der Waals surface area contributed by atoms with Crippen LogP contribution in [-0.2, 0) is 15.4 Å². The lowest BCUT2D eigenvalue weighted by atomic mass is 9.87. The average Bonchev–Trinajstić information content (AvgIpc) is 3.04. The number of rotatable bonds is 4. The Bertz CT molecular complexity index is 812. The highest BCUT2D eigenvalue weighted by atomic mass is 32.2. The van der Waals surface area contributed by atoms with Crippen molar-refractivity contribution < 1.29 is 13.2 Å². The Morgan fingerprint density at radius 3 is 2.44 bits per heavy atom. The third-order valence-corrected chi connectivity index (χ3v) is 6.27. The summed E-state index contributed by atoms with van der Waals surface area (Å²) in [4.78, 5) is 4.46. The van der Waals surface area contributed by atoms with Crippen molar-refractivity contribution in [2.45, 2.75) is 43.6 Å². The smallest absolute Gasteiger partial charge is 0.243 e. The van der Waals surface area contributed by atoms with Gasteiger partial charge < -0.3 is 4.74 Å². The summed E-state index contributed by atoms with van der Waals surface area (Å²) in [6.45, 7) is 7.13. The quantitative estimate of drug-likeness (QED) is 0.840. The Hall–Kier alpha value is -1.92. The number of benzene rings is 1. The van der Waals surface area contributed by atoms with Gasteiger partial charge in [0.25, 0.3) is 0 Å². The van der Waals surface area contributed by atoms with Gasteiger partial charge in [0.2, 0.25) is 15.9 Å². The van der Waals surface area contributed by atoms with E-state index in [0.717, 1.165) is 5.56 Å². The molecule has 1 atom stereocenters. The first kappa shape index (κ1) is 17.9. The molecule has 1 saturated heterocycles. The zero-order valence-corrected chi connectivity index (χ0v) is 15.7. The number of hydrogen-bond donors (Lipinski definition) is 0. The van der Waals surface area contributed by atoms with Gasteiger partial charge in [-0.1, -0.05) is 39.0 Å². The van der Waals surface area contributed by atoms with Gasteiger partial charge in [0.05, 0.1) is 11.4 Å². The molecule has 5 nitrogen and oxygen atoms in total. The second-order valence-corrected chi connectivity index (χ2v) is 9.27. The van der Waals surface area contributed by atoms with Crippen molar-refractivity contribution in [3.8, 4) is 5.88 Å². The molecule has 0 radical (unpaired) electrons. The molecule has 1 aliphatic rings. The lowest BCUT2D eigenvalue weighted by molar-refractivity contribution is 0.207. The summed E-state index contributed by atoms with van der Waals surface area (Å²) in [5.74, 6) is 0.529. The minimum Gasteiger partial charge on any atom is -0.473 e. The van der Waals surface area contributed by atoms with Crippen LogP contribution >= 0.6 is 0 Å². The summed E-state index contributed by atoms with van der Waals surface area (Å²) in [7, 11) is -3.49. The summed E-state index contributed by atoms with van der Waals surface area (Å²) in [5, 5.41) is 0. The SMILES string of the molecule is CC(C)(C)c1ccc(S(=O)(=O)N2CCC(Oc3ccccn3)C2)cc1. The molecule has 25 heavy (non-hydrogen) atoms. The monoisotopic (exact) mass is 360 g/mol. The van der Waals surface area contributed by atoms with Gasteiger partial charge in [0, 0.05) is 18.8 Å². The van der Waals surface area contributed by atoms with Crippen LogP contribution in [0.2, 0.25) is 0 Å². The molecule has 1 aromatic carbocycles. The lowest BCUT2D eigenvalue weighted by Crippen LogP contribution is -2.31. The largest absolute Gasteiger partial charge is 0.473 e. The fraction of sp³-hybridized carbons (Fsp3) is 0.421. The standard InChI is InChI=1S/C19H24N2O3S/c1-19(2,3)15-7-9-17(10-8-15)25(22,23)21-13-11-16(14-21)24-18-6-4-5-12-20-18/h4-10,12,16H,11,13-14H2,1-3H3. The highest BCUT2D eigenvalue weighted by Gasteiger charge is 2.34. The maximum absolute atomic E-state index is 12.8. The Labute approximate surface area is 149 Å². The molecule has 2 heterocycles. The molecule has 134 valence electrons. The van der Waals surface area contributed by atoms with E-state index in [1.54, 1.807) is 24.4 Å². The van der Waals surface area contributed by atoms with E-state index in [0.29, 0.717) is 30.3 Å². The van der Waals surface area contributed by atoms with Crippen molar-refractivity contribution in [3.63, 3.8) is 0 Å². The van der Waals surface area contributed by atoms with E-state index >= 15 is 0 Å². The molecule has 0 bridgehead atoms. The predicted octanol–water partition coefficient (Wildman–Crippen LogP) is 3.22. The maximum atomic E-state index is 12.8. The number of aromatic nitrogens is 1. The number of ether oxygens (including phenoxy) is 1. The molecular weight excluding hydrogens is 336 g/mol. The molecule has 0 saturated carbocycles. The van der Waals surface area contributed by atoms with E-state index in [2.05, 4.69) is 25.8 Å². The third-order valence-electron chi connectivity index (χ3n) is 4.39. The summed E-state index contributed by atoms with van der Waals surface area (Å²) in [6, 6.07) is 12.6. The van der Waals surface area contributed by atoms with E-state index in [4.69, 9.17) is 4.74 Å². The molecule has 0 spiro atoms. The van der Waals surface area contributed by atoms with Crippen LogP contribution in [0.15, 0.2) is 53.6 Å². The Morgan fingerprint density at radius 1 is 1.12 bits per heavy atom. The number of pyridine rings is 1. The van der Waals surface area contributed by atoms with E-state index in [-0.39, 0.29) is 11.5 Å². The molecule has 0 aliphatic carbocycles. The van der Waals surface area contributed by atoms with Crippen LogP contribution in [0.3, 0.4) is 0 Å². The van der Waals surface area contributed by atoms with E-state index in [1.807, 2.05) is 24.3 Å². The van der Waals surface area contributed by atoms with Gasteiger partial charge >= 0.3 is 0 Å². The first-order valence-corrected chi connectivity index (χ1v) is 9.89. The minimum absolute atomic E-state index is 0.00243. The molecule has 2 aromatic rings. The molecule has 3 rings (SSSR count). The molecule has 0 N–H and O–H groups in total. The fourth-order valence-corrected chi connectivity index (χ4v) is 4.36. The second-order valence-electron chi connectivity index (χ2n) is 7.33. The fourth-order valence-electron chi connectivity index (χ4n) is 2.88. The van der Waals surface area contributed by atoms with Crippen molar-refractivity contribution in [2.24, 2.45) is 0 Å². The van der Waals surface area contributed by atoms with Gasteiger partial charge in [-0.25, -0.2) is 13.4 Å². The molecule has 6 heteroatoms. The minimum atomic E-state index is -3.49. The molecule has 1 aliphatic heterocycles. The number of sulfonamides is 1. The summed E-state index contributed by atoms with van der Waals surface area (Å²) < 4.78 is 33.0. The van der Waals surface area contributed by atoms with Crippen molar-refractivity contribution in [1.82, 2.24) is 9.29 Å².